The number of esters is 1. The van der Waals surface area contributed by atoms with Gasteiger partial charge in [0.05, 0.1) is 24.8 Å². The molecule has 148 valence electrons. The van der Waals surface area contributed by atoms with E-state index in [4.69, 9.17) is 4.74 Å². The van der Waals surface area contributed by atoms with Gasteiger partial charge < -0.3 is 15.0 Å². The molecule has 0 bridgehead atoms. The molecule has 1 atom stereocenters. The lowest BCUT2D eigenvalue weighted by Gasteiger charge is -2.36. The second-order valence-electron chi connectivity index (χ2n) is 6.50. The van der Waals surface area contributed by atoms with Gasteiger partial charge in [0.15, 0.2) is 5.82 Å². The van der Waals surface area contributed by atoms with Crippen LogP contribution in [0.3, 0.4) is 0 Å². The molecule has 0 unspecified atom stereocenters. The van der Waals surface area contributed by atoms with E-state index < -0.39 is 6.04 Å². The predicted octanol–water partition coefficient (Wildman–Crippen LogP) is 3.13. The summed E-state index contributed by atoms with van der Waals surface area (Å²) in [6.07, 6.45) is 1.81. The van der Waals surface area contributed by atoms with Gasteiger partial charge in [-0.25, -0.2) is 9.78 Å². The number of carbonyl (C=O) groups is 2. The van der Waals surface area contributed by atoms with Crippen molar-refractivity contribution in [2.45, 2.75) is 26.3 Å². The fourth-order valence-electron chi connectivity index (χ4n) is 3.36. The SMILES string of the molecule is CCOC(=O)C[C@H](NC(=O)N1CCN(CC)c2ncccc21)c1ccccc1. The van der Waals surface area contributed by atoms with E-state index >= 15 is 0 Å². The fraction of sp³-hybridized carbons (Fsp3) is 0.381. The minimum Gasteiger partial charge on any atom is -0.466 e. The molecule has 1 aromatic carbocycles. The smallest absolute Gasteiger partial charge is 0.322 e. The summed E-state index contributed by atoms with van der Waals surface area (Å²) in [4.78, 5) is 33.4. The molecule has 0 saturated heterocycles. The number of urea groups is 1. The van der Waals surface area contributed by atoms with Crippen LogP contribution in [-0.4, -0.2) is 43.2 Å². The van der Waals surface area contributed by atoms with E-state index in [0.717, 1.165) is 23.6 Å². The Morgan fingerprint density at radius 2 is 1.93 bits per heavy atom. The maximum absolute atomic E-state index is 13.1. The number of benzene rings is 1. The van der Waals surface area contributed by atoms with Gasteiger partial charge in [-0.15, -0.1) is 0 Å². The number of likely N-dealkylation sites (N-methyl/N-ethyl adjacent to an activating group) is 1. The van der Waals surface area contributed by atoms with E-state index in [9.17, 15) is 9.59 Å². The zero-order valence-corrected chi connectivity index (χ0v) is 16.3. The summed E-state index contributed by atoms with van der Waals surface area (Å²) in [5, 5.41) is 3.01. The van der Waals surface area contributed by atoms with Crippen LogP contribution in [0.4, 0.5) is 16.3 Å². The summed E-state index contributed by atoms with van der Waals surface area (Å²) in [5.41, 5.74) is 1.64. The molecule has 1 aliphatic rings. The van der Waals surface area contributed by atoms with Crippen LogP contribution in [0.5, 0.6) is 0 Å². The molecule has 1 aromatic heterocycles. The monoisotopic (exact) mass is 382 g/mol. The molecule has 2 aromatic rings. The van der Waals surface area contributed by atoms with Gasteiger partial charge in [0, 0.05) is 25.8 Å². The number of fused-ring (bicyclic) bond motifs is 1. The molecule has 2 amide bonds. The Morgan fingerprint density at radius 1 is 1.14 bits per heavy atom. The molecule has 3 rings (SSSR count). The van der Waals surface area contributed by atoms with E-state index in [-0.39, 0.29) is 18.4 Å². The van der Waals surface area contributed by atoms with Crippen molar-refractivity contribution in [3.8, 4) is 0 Å². The minimum absolute atomic E-state index is 0.0818. The highest BCUT2D eigenvalue weighted by atomic mass is 16.5. The first-order valence-corrected chi connectivity index (χ1v) is 9.62. The molecule has 2 heterocycles. The molecule has 0 spiro atoms. The number of hydrogen-bond acceptors (Lipinski definition) is 5. The molecule has 7 nitrogen and oxygen atoms in total. The molecule has 28 heavy (non-hydrogen) atoms. The second-order valence-corrected chi connectivity index (χ2v) is 6.50. The van der Waals surface area contributed by atoms with Crippen molar-refractivity contribution in [3.63, 3.8) is 0 Å². The van der Waals surface area contributed by atoms with Gasteiger partial charge in [0.1, 0.15) is 0 Å². The van der Waals surface area contributed by atoms with Crippen molar-refractivity contribution in [3.05, 3.63) is 54.2 Å². The molecular formula is C21H26N4O3. The molecule has 1 N–H and O–H groups in total. The average Bonchev–Trinajstić information content (AvgIpc) is 2.73. The fourth-order valence-corrected chi connectivity index (χ4v) is 3.36. The van der Waals surface area contributed by atoms with Crippen LogP contribution in [0, 0.1) is 0 Å². The molecule has 1 aliphatic heterocycles. The summed E-state index contributed by atoms with van der Waals surface area (Å²) in [5.74, 6) is 0.461. The standard InChI is InChI=1S/C21H26N4O3/c1-3-24-13-14-25(18-11-8-12-22-20(18)24)21(27)23-17(15-19(26)28-4-2)16-9-6-5-7-10-16/h5-12,17H,3-4,13-15H2,1-2H3,(H,23,27)/t17-/m0/s1. The van der Waals surface area contributed by atoms with E-state index in [1.807, 2.05) is 42.5 Å². The van der Waals surface area contributed by atoms with Gasteiger partial charge in [-0.05, 0) is 31.5 Å². The summed E-state index contributed by atoms with van der Waals surface area (Å²) >= 11 is 0. The Hall–Kier alpha value is -3.09. The van der Waals surface area contributed by atoms with Crippen LogP contribution in [0.15, 0.2) is 48.7 Å². The number of ether oxygens (including phenoxy) is 1. The van der Waals surface area contributed by atoms with E-state index in [0.29, 0.717) is 19.7 Å². The Kier molecular flexibility index (Phi) is 6.47. The minimum atomic E-state index is -0.461. The summed E-state index contributed by atoms with van der Waals surface area (Å²) in [6, 6.07) is 12.5. The lowest BCUT2D eigenvalue weighted by Crippen LogP contribution is -2.49. The molecule has 0 fully saturated rings. The van der Waals surface area contributed by atoms with Crippen molar-refractivity contribution in [1.82, 2.24) is 10.3 Å². The third kappa shape index (κ3) is 4.42. The van der Waals surface area contributed by atoms with Crippen LogP contribution in [0.2, 0.25) is 0 Å². The van der Waals surface area contributed by atoms with Gasteiger partial charge in [-0.2, -0.15) is 0 Å². The maximum Gasteiger partial charge on any atom is 0.322 e. The third-order valence-corrected chi connectivity index (χ3v) is 4.75. The van der Waals surface area contributed by atoms with E-state index in [2.05, 4.69) is 22.1 Å². The van der Waals surface area contributed by atoms with Crippen LogP contribution < -0.4 is 15.1 Å². The summed E-state index contributed by atoms with van der Waals surface area (Å²) in [7, 11) is 0. The highest BCUT2D eigenvalue weighted by Gasteiger charge is 2.29. The number of amides is 2. The first-order chi connectivity index (χ1) is 13.6. The van der Waals surface area contributed by atoms with Crippen LogP contribution in [-0.2, 0) is 9.53 Å². The average molecular weight is 382 g/mol. The number of rotatable bonds is 6. The Labute approximate surface area is 165 Å². The number of pyridine rings is 1. The molecular weight excluding hydrogens is 356 g/mol. The number of aromatic nitrogens is 1. The first-order valence-electron chi connectivity index (χ1n) is 9.62. The first kappa shape index (κ1) is 19.7. The second kappa shape index (κ2) is 9.21. The van der Waals surface area contributed by atoms with Crippen molar-refractivity contribution >= 4 is 23.5 Å². The Balaban J connectivity index is 1.81. The zero-order valence-electron chi connectivity index (χ0n) is 16.3. The number of nitrogens with zero attached hydrogens (tertiary/aromatic N) is 3. The predicted molar refractivity (Wildman–Crippen MR) is 108 cm³/mol. The van der Waals surface area contributed by atoms with Crippen molar-refractivity contribution in [2.24, 2.45) is 0 Å². The normalized spacial score (nSPS) is 14.2. The van der Waals surface area contributed by atoms with Gasteiger partial charge in [-0.1, -0.05) is 30.3 Å². The van der Waals surface area contributed by atoms with Gasteiger partial charge in [-0.3, -0.25) is 9.69 Å². The van der Waals surface area contributed by atoms with Gasteiger partial charge in [0.25, 0.3) is 0 Å². The summed E-state index contributed by atoms with van der Waals surface area (Å²) < 4.78 is 5.09. The zero-order chi connectivity index (χ0) is 19.9. The topological polar surface area (TPSA) is 74.8 Å². The number of hydrogen-bond donors (Lipinski definition) is 1. The largest absolute Gasteiger partial charge is 0.466 e. The highest BCUT2D eigenvalue weighted by molar-refractivity contribution is 5.96. The number of carbonyl (C=O) groups excluding carboxylic acids is 2. The quantitative estimate of drug-likeness (QED) is 0.777. The lowest BCUT2D eigenvalue weighted by molar-refractivity contribution is -0.143. The van der Waals surface area contributed by atoms with Gasteiger partial charge >= 0.3 is 12.0 Å². The van der Waals surface area contributed by atoms with E-state index in [1.54, 1.807) is 18.0 Å². The number of anilines is 2. The Bertz CT molecular complexity index is 812. The van der Waals surface area contributed by atoms with E-state index in [1.165, 1.54) is 0 Å². The molecule has 0 saturated carbocycles. The highest BCUT2D eigenvalue weighted by Crippen LogP contribution is 2.31. The molecule has 7 heteroatoms. The van der Waals surface area contributed by atoms with Crippen LogP contribution >= 0.6 is 0 Å². The van der Waals surface area contributed by atoms with Crippen molar-refractivity contribution < 1.29 is 14.3 Å². The van der Waals surface area contributed by atoms with Crippen LogP contribution in [0.1, 0.15) is 31.9 Å². The third-order valence-electron chi connectivity index (χ3n) is 4.75. The van der Waals surface area contributed by atoms with Crippen molar-refractivity contribution in [2.75, 3.05) is 36.0 Å². The summed E-state index contributed by atoms with van der Waals surface area (Å²) in [6.45, 7) is 6.24. The maximum atomic E-state index is 13.1. The Morgan fingerprint density at radius 3 is 2.64 bits per heavy atom. The molecule has 0 aliphatic carbocycles. The lowest BCUT2D eigenvalue weighted by atomic mass is 10.0. The number of nitrogens with one attached hydrogen (secondary N) is 1. The van der Waals surface area contributed by atoms with Crippen molar-refractivity contribution in [1.29, 1.82) is 0 Å². The van der Waals surface area contributed by atoms with Crippen LogP contribution in [0.25, 0.3) is 0 Å². The van der Waals surface area contributed by atoms with Gasteiger partial charge in [0.2, 0.25) is 0 Å². The molecule has 0 radical (unpaired) electrons.